The fourth-order valence-electron chi connectivity index (χ4n) is 1.83. The van der Waals surface area contributed by atoms with E-state index in [1.54, 1.807) is 48.5 Å². The van der Waals surface area contributed by atoms with Crippen molar-refractivity contribution in [3.05, 3.63) is 0 Å². The molecule has 0 fully saturated rings. The van der Waals surface area contributed by atoms with Gasteiger partial charge in [-0.25, -0.2) is 4.79 Å². The number of esters is 3. The molecule has 1 unspecified atom stereocenters. The van der Waals surface area contributed by atoms with Gasteiger partial charge >= 0.3 is 17.9 Å². The van der Waals surface area contributed by atoms with Gasteiger partial charge in [0.15, 0.2) is 5.92 Å². The number of rotatable bonds is 8. The zero-order valence-electron chi connectivity index (χ0n) is 16.0. The fraction of sp³-hybridized carbons (Fsp3) is 0.765. The van der Waals surface area contributed by atoms with Gasteiger partial charge in [0, 0.05) is 6.42 Å². The van der Waals surface area contributed by atoms with Crippen molar-refractivity contribution in [1.82, 2.24) is 5.32 Å². The van der Waals surface area contributed by atoms with Gasteiger partial charge in [-0.05, 0) is 48.5 Å². The van der Waals surface area contributed by atoms with Crippen LogP contribution in [0, 0.1) is 5.92 Å². The molecule has 0 aromatic rings. The van der Waals surface area contributed by atoms with E-state index in [0.717, 1.165) is 0 Å². The molecule has 0 spiro atoms. The molecule has 25 heavy (non-hydrogen) atoms. The van der Waals surface area contributed by atoms with E-state index in [0.29, 0.717) is 6.41 Å². The van der Waals surface area contributed by atoms with Crippen LogP contribution in [0.1, 0.15) is 54.9 Å². The highest BCUT2D eigenvalue weighted by Gasteiger charge is 2.38. The van der Waals surface area contributed by atoms with Crippen molar-refractivity contribution in [2.24, 2.45) is 5.92 Å². The minimum atomic E-state index is -1.37. The third-order valence-corrected chi connectivity index (χ3v) is 2.69. The first kappa shape index (κ1) is 22.9. The molecular formula is C17H29NO7. The summed E-state index contributed by atoms with van der Waals surface area (Å²) in [6, 6.07) is -1.16. The van der Waals surface area contributed by atoms with Gasteiger partial charge < -0.3 is 19.5 Å². The Bertz CT molecular complexity index is 460. The summed E-state index contributed by atoms with van der Waals surface area (Å²) in [5.41, 5.74) is -1.65. The standard InChI is InChI=1S/C17H29NO7/c1-8-23-15(22)12(18-10-19)9-11(13(20)24-16(2,3)4)14(21)25-17(5,6)7/h10-12H,8-9H2,1-7H3,(H,18,19). The van der Waals surface area contributed by atoms with Gasteiger partial charge in [-0.2, -0.15) is 0 Å². The molecule has 144 valence electrons. The lowest BCUT2D eigenvalue weighted by Crippen LogP contribution is -2.44. The molecule has 0 heterocycles. The molecule has 0 aromatic heterocycles. The Morgan fingerprint density at radius 2 is 1.36 bits per heavy atom. The number of ether oxygens (including phenoxy) is 3. The maximum absolute atomic E-state index is 12.4. The summed E-state index contributed by atoms with van der Waals surface area (Å²) in [5.74, 6) is -3.78. The van der Waals surface area contributed by atoms with E-state index in [9.17, 15) is 19.2 Å². The molecule has 0 aliphatic heterocycles. The zero-order chi connectivity index (χ0) is 19.8. The minimum absolute atomic E-state index is 0.0966. The molecule has 0 aliphatic rings. The lowest BCUT2D eigenvalue weighted by molar-refractivity contribution is -0.175. The van der Waals surface area contributed by atoms with Crippen LogP contribution < -0.4 is 5.32 Å². The number of amides is 1. The maximum Gasteiger partial charge on any atom is 0.328 e. The zero-order valence-corrected chi connectivity index (χ0v) is 16.0. The van der Waals surface area contributed by atoms with Gasteiger partial charge in [0.25, 0.3) is 0 Å². The van der Waals surface area contributed by atoms with Gasteiger partial charge in [0.05, 0.1) is 6.61 Å². The Hall–Kier alpha value is -2.12. The van der Waals surface area contributed by atoms with Crippen LogP contribution in [0.5, 0.6) is 0 Å². The first-order valence-corrected chi connectivity index (χ1v) is 8.12. The molecule has 1 atom stereocenters. The normalized spacial score (nSPS) is 13.0. The van der Waals surface area contributed by atoms with Gasteiger partial charge in [-0.1, -0.05) is 0 Å². The van der Waals surface area contributed by atoms with Gasteiger partial charge in [-0.15, -0.1) is 0 Å². The molecule has 8 nitrogen and oxygen atoms in total. The van der Waals surface area contributed by atoms with E-state index in [1.807, 2.05) is 0 Å². The summed E-state index contributed by atoms with van der Waals surface area (Å²) in [5, 5.41) is 2.26. The largest absolute Gasteiger partial charge is 0.464 e. The number of carbonyl (C=O) groups is 4. The SMILES string of the molecule is CCOC(=O)C(CC(C(=O)OC(C)(C)C)C(=O)OC(C)(C)C)NC=O. The highest BCUT2D eigenvalue weighted by atomic mass is 16.6. The molecule has 0 saturated heterocycles. The van der Waals surface area contributed by atoms with Crippen molar-refractivity contribution in [2.75, 3.05) is 6.61 Å². The summed E-state index contributed by atoms with van der Waals surface area (Å²) in [6.45, 7) is 11.6. The summed E-state index contributed by atoms with van der Waals surface area (Å²) in [7, 11) is 0. The van der Waals surface area contributed by atoms with Gasteiger partial charge in [-0.3, -0.25) is 14.4 Å². The summed E-state index contributed by atoms with van der Waals surface area (Å²) >= 11 is 0. The monoisotopic (exact) mass is 359 g/mol. The Morgan fingerprint density at radius 3 is 1.68 bits per heavy atom. The predicted octanol–water partition coefficient (Wildman–Crippen LogP) is 1.35. The number of nitrogens with one attached hydrogen (secondary N) is 1. The van der Waals surface area contributed by atoms with Crippen LogP contribution in [0.15, 0.2) is 0 Å². The molecular weight excluding hydrogens is 330 g/mol. The molecule has 0 aliphatic carbocycles. The second-order valence-electron chi connectivity index (χ2n) is 7.44. The summed E-state index contributed by atoms with van der Waals surface area (Å²) < 4.78 is 15.3. The lowest BCUT2D eigenvalue weighted by Gasteiger charge is -2.27. The average molecular weight is 359 g/mol. The Kier molecular flexibility index (Phi) is 8.59. The van der Waals surface area contributed by atoms with Crippen molar-refractivity contribution in [2.45, 2.75) is 72.1 Å². The Morgan fingerprint density at radius 1 is 0.920 bits per heavy atom. The van der Waals surface area contributed by atoms with Crippen LogP contribution in [0.3, 0.4) is 0 Å². The third-order valence-electron chi connectivity index (χ3n) is 2.69. The van der Waals surface area contributed by atoms with Crippen molar-refractivity contribution < 1.29 is 33.4 Å². The van der Waals surface area contributed by atoms with Crippen molar-refractivity contribution in [3.63, 3.8) is 0 Å². The topological polar surface area (TPSA) is 108 Å². The molecule has 1 amide bonds. The van der Waals surface area contributed by atoms with E-state index in [-0.39, 0.29) is 13.0 Å². The van der Waals surface area contributed by atoms with Crippen LogP contribution in [-0.4, -0.2) is 48.2 Å². The van der Waals surface area contributed by atoms with Crippen molar-refractivity contribution in [3.8, 4) is 0 Å². The second-order valence-corrected chi connectivity index (χ2v) is 7.44. The van der Waals surface area contributed by atoms with Crippen LogP contribution in [0.4, 0.5) is 0 Å². The molecule has 0 bridgehead atoms. The number of carbonyl (C=O) groups excluding carboxylic acids is 4. The fourth-order valence-corrected chi connectivity index (χ4v) is 1.83. The number of hydrogen-bond acceptors (Lipinski definition) is 7. The average Bonchev–Trinajstić information content (AvgIpc) is 2.39. The molecule has 0 rings (SSSR count). The Balaban J connectivity index is 5.46. The Labute approximate surface area is 148 Å². The summed E-state index contributed by atoms with van der Waals surface area (Å²) in [6.07, 6.45) is -0.00969. The second kappa shape index (κ2) is 9.39. The lowest BCUT2D eigenvalue weighted by atomic mass is 9.99. The number of hydrogen-bond donors (Lipinski definition) is 1. The third kappa shape index (κ3) is 9.69. The van der Waals surface area contributed by atoms with E-state index in [4.69, 9.17) is 14.2 Å². The smallest absolute Gasteiger partial charge is 0.328 e. The highest BCUT2D eigenvalue weighted by Crippen LogP contribution is 2.20. The minimum Gasteiger partial charge on any atom is -0.464 e. The van der Waals surface area contributed by atoms with Crippen LogP contribution >= 0.6 is 0 Å². The van der Waals surface area contributed by atoms with Crippen LogP contribution in [0.2, 0.25) is 0 Å². The highest BCUT2D eigenvalue weighted by molar-refractivity contribution is 5.96. The maximum atomic E-state index is 12.4. The van der Waals surface area contributed by atoms with Gasteiger partial charge in [0.2, 0.25) is 6.41 Å². The first-order valence-electron chi connectivity index (χ1n) is 8.12. The van der Waals surface area contributed by atoms with E-state index < -0.39 is 41.1 Å². The van der Waals surface area contributed by atoms with Crippen LogP contribution in [0.25, 0.3) is 0 Å². The predicted molar refractivity (Wildman–Crippen MR) is 89.4 cm³/mol. The van der Waals surface area contributed by atoms with Crippen LogP contribution in [-0.2, 0) is 33.4 Å². The quantitative estimate of drug-likeness (QED) is 0.302. The van der Waals surface area contributed by atoms with Crippen molar-refractivity contribution >= 4 is 24.3 Å². The van der Waals surface area contributed by atoms with E-state index in [1.165, 1.54) is 0 Å². The van der Waals surface area contributed by atoms with Gasteiger partial charge in [0.1, 0.15) is 17.2 Å². The molecule has 0 saturated carbocycles. The first-order chi connectivity index (χ1) is 11.3. The molecule has 8 heteroatoms. The van der Waals surface area contributed by atoms with Crippen molar-refractivity contribution in [1.29, 1.82) is 0 Å². The van der Waals surface area contributed by atoms with E-state index in [2.05, 4.69) is 5.32 Å². The summed E-state index contributed by atoms with van der Waals surface area (Å²) in [4.78, 5) is 47.5. The molecule has 1 N–H and O–H groups in total. The molecule has 0 aromatic carbocycles. The van der Waals surface area contributed by atoms with E-state index >= 15 is 0 Å². The molecule has 0 radical (unpaired) electrons.